The first-order chi connectivity index (χ1) is 13.1. The Morgan fingerprint density at radius 3 is 2.67 bits per heavy atom. The van der Waals surface area contributed by atoms with Crippen LogP contribution in [0.1, 0.15) is 25.7 Å². The SMILES string of the molecule is CN(c1ccc(-c2ccc(-n3ccnn3)cc2O)nn1)[C@H]1CCCC[C@H]1F. The number of halogens is 1. The number of nitrogens with zero attached hydrogens (tertiary/aromatic N) is 6. The van der Waals surface area contributed by atoms with E-state index in [4.69, 9.17) is 0 Å². The lowest BCUT2D eigenvalue weighted by molar-refractivity contribution is 0.213. The van der Waals surface area contributed by atoms with Gasteiger partial charge in [0.25, 0.3) is 0 Å². The summed E-state index contributed by atoms with van der Waals surface area (Å²) in [6, 6.07) is 8.63. The molecule has 0 bridgehead atoms. The van der Waals surface area contributed by atoms with Crippen LogP contribution < -0.4 is 4.90 Å². The highest BCUT2D eigenvalue weighted by Crippen LogP contribution is 2.31. The van der Waals surface area contributed by atoms with Crippen LogP contribution in [0.5, 0.6) is 5.75 Å². The quantitative estimate of drug-likeness (QED) is 0.762. The van der Waals surface area contributed by atoms with Gasteiger partial charge in [0.2, 0.25) is 0 Å². The summed E-state index contributed by atoms with van der Waals surface area (Å²) in [6.07, 6.45) is 5.84. The van der Waals surface area contributed by atoms with E-state index in [1.807, 2.05) is 24.1 Å². The van der Waals surface area contributed by atoms with Crippen molar-refractivity contribution in [2.24, 2.45) is 0 Å². The zero-order valence-electron chi connectivity index (χ0n) is 15.0. The third kappa shape index (κ3) is 3.47. The maximum absolute atomic E-state index is 14.2. The van der Waals surface area contributed by atoms with Gasteiger partial charge in [-0.05, 0) is 37.1 Å². The molecule has 1 aromatic carbocycles. The fraction of sp³-hybridized carbons (Fsp3) is 0.368. The molecule has 1 aliphatic rings. The molecule has 2 atom stereocenters. The van der Waals surface area contributed by atoms with E-state index in [0.29, 0.717) is 29.2 Å². The smallest absolute Gasteiger partial charge is 0.151 e. The average molecular weight is 368 g/mol. The molecular formula is C19H21FN6O. The summed E-state index contributed by atoms with van der Waals surface area (Å²) in [5.74, 6) is 0.710. The van der Waals surface area contributed by atoms with E-state index in [9.17, 15) is 9.50 Å². The predicted molar refractivity (Wildman–Crippen MR) is 99.6 cm³/mol. The van der Waals surface area contributed by atoms with Gasteiger partial charge in [-0.1, -0.05) is 18.1 Å². The van der Waals surface area contributed by atoms with Gasteiger partial charge in [0.1, 0.15) is 11.9 Å². The van der Waals surface area contributed by atoms with Gasteiger partial charge in [0.15, 0.2) is 5.82 Å². The largest absolute Gasteiger partial charge is 0.507 e. The van der Waals surface area contributed by atoms with Crippen molar-refractivity contribution in [1.82, 2.24) is 25.2 Å². The van der Waals surface area contributed by atoms with Crippen LogP contribution in [0.2, 0.25) is 0 Å². The first-order valence-corrected chi connectivity index (χ1v) is 9.04. The molecule has 0 unspecified atom stereocenters. The summed E-state index contributed by atoms with van der Waals surface area (Å²) in [4.78, 5) is 1.87. The van der Waals surface area contributed by atoms with E-state index < -0.39 is 6.17 Å². The van der Waals surface area contributed by atoms with E-state index in [0.717, 1.165) is 19.3 Å². The van der Waals surface area contributed by atoms with Crippen molar-refractivity contribution in [2.45, 2.75) is 37.9 Å². The number of benzene rings is 1. The molecule has 3 aromatic rings. The summed E-state index contributed by atoms with van der Waals surface area (Å²) < 4.78 is 15.8. The summed E-state index contributed by atoms with van der Waals surface area (Å²) in [5.41, 5.74) is 1.82. The molecule has 27 heavy (non-hydrogen) atoms. The Hall–Kier alpha value is -3.03. The van der Waals surface area contributed by atoms with E-state index in [2.05, 4.69) is 20.5 Å². The fourth-order valence-electron chi connectivity index (χ4n) is 3.55. The molecule has 0 radical (unpaired) electrons. The molecule has 140 valence electrons. The minimum Gasteiger partial charge on any atom is -0.507 e. The molecule has 0 spiro atoms. The van der Waals surface area contributed by atoms with Gasteiger partial charge in [-0.15, -0.1) is 15.3 Å². The van der Waals surface area contributed by atoms with Crippen molar-refractivity contribution >= 4 is 5.82 Å². The second-order valence-electron chi connectivity index (χ2n) is 6.80. The highest BCUT2D eigenvalue weighted by molar-refractivity contribution is 5.68. The topological polar surface area (TPSA) is 80.0 Å². The van der Waals surface area contributed by atoms with Crippen molar-refractivity contribution in [3.05, 3.63) is 42.7 Å². The molecule has 2 heterocycles. The Balaban J connectivity index is 1.55. The normalized spacial score (nSPS) is 19.8. The number of aromatic hydroxyl groups is 1. The van der Waals surface area contributed by atoms with E-state index in [1.54, 1.807) is 35.3 Å². The van der Waals surface area contributed by atoms with Gasteiger partial charge < -0.3 is 10.0 Å². The Bertz CT molecular complexity index is 899. The van der Waals surface area contributed by atoms with Crippen molar-refractivity contribution in [2.75, 3.05) is 11.9 Å². The number of hydrogen-bond acceptors (Lipinski definition) is 6. The number of hydrogen-bond donors (Lipinski definition) is 1. The second-order valence-corrected chi connectivity index (χ2v) is 6.80. The van der Waals surface area contributed by atoms with Gasteiger partial charge in [0, 0.05) is 18.7 Å². The molecule has 1 N–H and O–H groups in total. The standard InChI is InChI=1S/C19H21FN6O/c1-25(17-5-3-2-4-15(17)20)19-9-8-16(22-23-19)14-7-6-13(12-18(14)27)26-11-10-21-24-26/h6-12,15,17,27H,2-5H2,1H3/t15-,17+/m1/s1. The number of phenolic OH excluding ortho intramolecular Hbond substituents is 1. The predicted octanol–water partition coefficient (Wildman–Crippen LogP) is 3.15. The summed E-state index contributed by atoms with van der Waals surface area (Å²) in [7, 11) is 1.86. The molecule has 4 rings (SSSR count). The second kappa shape index (κ2) is 7.30. The zero-order chi connectivity index (χ0) is 18.8. The molecule has 0 saturated heterocycles. The molecule has 7 nitrogen and oxygen atoms in total. The van der Waals surface area contributed by atoms with Crippen LogP contribution in [0.3, 0.4) is 0 Å². The van der Waals surface area contributed by atoms with Crippen LogP contribution in [0.25, 0.3) is 16.9 Å². The third-order valence-corrected chi connectivity index (χ3v) is 5.10. The summed E-state index contributed by atoms with van der Waals surface area (Å²) >= 11 is 0. The van der Waals surface area contributed by atoms with Crippen LogP contribution in [0.15, 0.2) is 42.7 Å². The van der Waals surface area contributed by atoms with Crippen LogP contribution in [-0.2, 0) is 0 Å². The molecule has 1 saturated carbocycles. The number of alkyl halides is 1. The molecule has 0 amide bonds. The highest BCUT2D eigenvalue weighted by atomic mass is 19.1. The van der Waals surface area contributed by atoms with Gasteiger partial charge in [0.05, 0.1) is 29.8 Å². The number of anilines is 1. The molecular weight excluding hydrogens is 347 g/mol. The third-order valence-electron chi connectivity index (χ3n) is 5.10. The Morgan fingerprint density at radius 1 is 1.15 bits per heavy atom. The van der Waals surface area contributed by atoms with Crippen LogP contribution >= 0.6 is 0 Å². The van der Waals surface area contributed by atoms with Gasteiger partial charge in [-0.25, -0.2) is 9.07 Å². The average Bonchev–Trinajstić information content (AvgIpc) is 3.23. The number of rotatable bonds is 4. The van der Waals surface area contributed by atoms with Crippen molar-refractivity contribution < 1.29 is 9.50 Å². The van der Waals surface area contributed by atoms with Crippen LogP contribution in [-0.4, -0.2) is 49.6 Å². The lowest BCUT2D eigenvalue weighted by atomic mass is 9.92. The zero-order valence-corrected chi connectivity index (χ0v) is 15.0. The molecule has 1 fully saturated rings. The first-order valence-electron chi connectivity index (χ1n) is 9.04. The van der Waals surface area contributed by atoms with Crippen molar-refractivity contribution in [1.29, 1.82) is 0 Å². The Labute approximate surface area is 156 Å². The van der Waals surface area contributed by atoms with Gasteiger partial charge >= 0.3 is 0 Å². The van der Waals surface area contributed by atoms with E-state index in [-0.39, 0.29) is 11.8 Å². The number of phenols is 1. The van der Waals surface area contributed by atoms with Crippen LogP contribution in [0.4, 0.5) is 10.2 Å². The summed E-state index contributed by atoms with van der Waals surface area (Å²) in [5, 5.41) is 26.5. The molecule has 8 heteroatoms. The minimum atomic E-state index is -0.835. The van der Waals surface area contributed by atoms with Crippen molar-refractivity contribution in [3.63, 3.8) is 0 Å². The Kier molecular flexibility index (Phi) is 4.70. The lowest BCUT2D eigenvalue weighted by Crippen LogP contribution is -2.41. The fourth-order valence-corrected chi connectivity index (χ4v) is 3.55. The lowest BCUT2D eigenvalue weighted by Gasteiger charge is -2.34. The molecule has 0 aliphatic heterocycles. The van der Waals surface area contributed by atoms with E-state index in [1.165, 1.54) is 0 Å². The highest BCUT2D eigenvalue weighted by Gasteiger charge is 2.29. The van der Waals surface area contributed by atoms with Gasteiger partial charge in [-0.2, -0.15) is 0 Å². The molecule has 1 aliphatic carbocycles. The first kappa shape index (κ1) is 17.4. The Morgan fingerprint density at radius 2 is 2.00 bits per heavy atom. The van der Waals surface area contributed by atoms with Crippen molar-refractivity contribution in [3.8, 4) is 22.7 Å². The maximum Gasteiger partial charge on any atom is 0.151 e. The maximum atomic E-state index is 14.2. The van der Waals surface area contributed by atoms with Gasteiger partial charge in [-0.3, -0.25) is 0 Å². The molecule has 2 aromatic heterocycles. The van der Waals surface area contributed by atoms with Crippen LogP contribution in [0, 0.1) is 0 Å². The van der Waals surface area contributed by atoms with E-state index >= 15 is 0 Å². The monoisotopic (exact) mass is 368 g/mol. The number of aromatic nitrogens is 5. The summed E-state index contributed by atoms with van der Waals surface area (Å²) in [6.45, 7) is 0. The minimum absolute atomic E-state index is 0.0782.